The molecule has 28 heavy (non-hydrogen) atoms. The molecule has 0 aliphatic rings. The van der Waals surface area contributed by atoms with Crippen molar-refractivity contribution in [2.45, 2.75) is 0 Å². The van der Waals surface area contributed by atoms with Gasteiger partial charge in [0.15, 0.2) is 0 Å². The van der Waals surface area contributed by atoms with E-state index in [9.17, 15) is 0 Å². The van der Waals surface area contributed by atoms with Crippen LogP contribution in [0, 0.1) is 0 Å². The second-order valence-electron chi connectivity index (χ2n) is 7.03. The lowest BCUT2D eigenvalue weighted by Crippen LogP contribution is -2.01. The Morgan fingerprint density at radius 2 is 0.857 bits per heavy atom. The van der Waals surface area contributed by atoms with Crippen LogP contribution in [-0.2, 0) is 0 Å². The van der Waals surface area contributed by atoms with Crippen molar-refractivity contribution in [1.82, 2.24) is 0 Å². The Bertz CT molecular complexity index is 1210. The second kappa shape index (κ2) is 7.23. The van der Waals surface area contributed by atoms with Gasteiger partial charge in [0.25, 0.3) is 0 Å². The van der Waals surface area contributed by atoms with E-state index in [2.05, 4.69) is 110 Å². The lowest BCUT2D eigenvalue weighted by Gasteiger charge is -2.16. The minimum absolute atomic E-state index is 0.771. The highest BCUT2D eigenvalue weighted by Crippen LogP contribution is 2.38. The van der Waals surface area contributed by atoms with Gasteiger partial charge in [-0.1, -0.05) is 112 Å². The Labute approximate surface area is 167 Å². The first-order valence-electron chi connectivity index (χ1n) is 9.64. The maximum absolute atomic E-state index is 2.28. The quantitative estimate of drug-likeness (QED) is 0.230. The molecule has 0 nitrogen and oxygen atoms in total. The molecule has 0 aliphatic heterocycles. The van der Waals surface area contributed by atoms with Gasteiger partial charge in [-0.25, -0.2) is 0 Å². The van der Waals surface area contributed by atoms with Crippen LogP contribution in [0.2, 0.25) is 0 Å². The van der Waals surface area contributed by atoms with Gasteiger partial charge in [0, 0.05) is 0 Å². The van der Waals surface area contributed by atoms with Crippen molar-refractivity contribution in [2.24, 2.45) is 0 Å². The van der Waals surface area contributed by atoms with Gasteiger partial charge in [0.2, 0.25) is 0 Å². The average molecular weight is 376 g/mol. The molecule has 134 valence electrons. The molecule has 0 bridgehead atoms. The largest absolute Gasteiger partial charge is 0.0922 e. The zero-order valence-electron chi connectivity index (χ0n) is 15.8. The number of hydrogen-bond donors (Lipinski definition) is 0. The fourth-order valence-corrected chi connectivity index (χ4v) is 5.14. The molecule has 0 aromatic heterocycles. The number of fused-ring (bicyclic) bond motifs is 2. The van der Waals surface area contributed by atoms with Crippen LogP contribution in [0.1, 0.15) is 0 Å². The Hall–Kier alpha value is -2.95. The number of rotatable bonds is 3. The highest BCUT2D eigenvalue weighted by molar-refractivity contribution is 7.47. The smallest absolute Gasteiger partial charge is 0.00263 e. The molecular weight excluding hydrogens is 355 g/mol. The van der Waals surface area contributed by atoms with E-state index in [1.165, 1.54) is 49.1 Å². The normalized spacial score (nSPS) is 11.6. The molecule has 0 spiro atoms. The maximum Gasteiger partial charge on any atom is -0.00263 e. The molecule has 0 fully saturated rings. The van der Waals surface area contributed by atoms with Crippen molar-refractivity contribution in [3.05, 3.63) is 103 Å². The maximum atomic E-state index is 2.28. The van der Waals surface area contributed by atoms with Crippen LogP contribution in [0.25, 0.3) is 43.8 Å². The first-order chi connectivity index (χ1) is 13.9. The summed E-state index contributed by atoms with van der Waals surface area (Å²) in [7, 11) is 0.771. The molecule has 0 N–H and O–H groups in total. The summed E-state index contributed by atoms with van der Waals surface area (Å²) < 4.78 is 0. The van der Waals surface area contributed by atoms with Crippen LogP contribution >= 0.6 is 8.58 Å². The van der Waals surface area contributed by atoms with Crippen LogP contribution in [0.5, 0.6) is 0 Å². The topological polar surface area (TPSA) is 0 Å². The molecule has 0 aliphatic carbocycles. The minimum Gasteiger partial charge on any atom is -0.0922 e. The van der Waals surface area contributed by atoms with Crippen molar-refractivity contribution >= 4 is 35.4 Å². The van der Waals surface area contributed by atoms with Gasteiger partial charge in [-0.05, 0) is 55.8 Å². The SMILES string of the molecule is CPc1c2ccccc2c(-c2ccc(-c3ccccc3)cc2)c2ccccc12. The molecule has 0 saturated carbocycles. The zero-order valence-corrected chi connectivity index (χ0v) is 16.8. The third kappa shape index (κ3) is 2.82. The van der Waals surface area contributed by atoms with E-state index in [0.717, 1.165) is 8.58 Å². The van der Waals surface area contributed by atoms with Crippen molar-refractivity contribution in [3.63, 3.8) is 0 Å². The monoisotopic (exact) mass is 376 g/mol. The predicted molar refractivity (Wildman–Crippen MR) is 126 cm³/mol. The first-order valence-corrected chi connectivity index (χ1v) is 11.1. The Morgan fingerprint density at radius 1 is 0.429 bits per heavy atom. The minimum atomic E-state index is 0.771. The lowest BCUT2D eigenvalue weighted by molar-refractivity contribution is 1.61. The van der Waals surface area contributed by atoms with Crippen molar-refractivity contribution in [3.8, 4) is 22.3 Å². The average Bonchev–Trinajstić information content (AvgIpc) is 2.78. The van der Waals surface area contributed by atoms with Crippen LogP contribution in [-0.4, -0.2) is 6.66 Å². The molecule has 5 aromatic carbocycles. The molecule has 1 atom stereocenters. The van der Waals surface area contributed by atoms with Crippen molar-refractivity contribution < 1.29 is 0 Å². The molecule has 0 radical (unpaired) electrons. The summed E-state index contributed by atoms with van der Waals surface area (Å²) >= 11 is 0. The Kier molecular flexibility index (Phi) is 4.43. The van der Waals surface area contributed by atoms with E-state index in [0.29, 0.717) is 0 Å². The van der Waals surface area contributed by atoms with Crippen LogP contribution < -0.4 is 5.30 Å². The van der Waals surface area contributed by atoms with E-state index < -0.39 is 0 Å². The third-order valence-corrected chi connectivity index (χ3v) is 6.50. The summed E-state index contributed by atoms with van der Waals surface area (Å²) in [6.45, 7) is 2.28. The van der Waals surface area contributed by atoms with Gasteiger partial charge >= 0.3 is 0 Å². The first kappa shape index (κ1) is 17.2. The Morgan fingerprint density at radius 3 is 1.39 bits per heavy atom. The standard InChI is InChI=1S/C27H21P/c1-28-27-24-13-7-5-11-22(24)26(23-12-6-8-14-25(23)27)21-17-15-20(16-18-21)19-9-3-2-4-10-19/h2-18,28H,1H3. The summed E-state index contributed by atoms with van der Waals surface area (Å²) in [4.78, 5) is 0. The summed E-state index contributed by atoms with van der Waals surface area (Å²) in [5, 5.41) is 6.92. The zero-order chi connectivity index (χ0) is 18.9. The fraction of sp³-hybridized carbons (Fsp3) is 0.0370. The van der Waals surface area contributed by atoms with E-state index >= 15 is 0 Å². The van der Waals surface area contributed by atoms with Crippen LogP contribution in [0.3, 0.4) is 0 Å². The van der Waals surface area contributed by atoms with Gasteiger partial charge in [-0.15, -0.1) is 0 Å². The second-order valence-corrected chi connectivity index (χ2v) is 8.03. The molecular formula is C27H21P. The summed E-state index contributed by atoms with van der Waals surface area (Å²) in [6, 6.07) is 37.3. The molecule has 0 heterocycles. The van der Waals surface area contributed by atoms with E-state index in [4.69, 9.17) is 0 Å². The van der Waals surface area contributed by atoms with Crippen LogP contribution in [0.15, 0.2) is 103 Å². The number of benzene rings is 5. The lowest BCUT2D eigenvalue weighted by atomic mass is 9.91. The summed E-state index contributed by atoms with van der Waals surface area (Å²) in [6.07, 6.45) is 0. The van der Waals surface area contributed by atoms with E-state index in [-0.39, 0.29) is 0 Å². The summed E-state index contributed by atoms with van der Waals surface area (Å²) in [5.41, 5.74) is 5.13. The predicted octanol–water partition coefficient (Wildman–Crippen LogP) is 7.26. The molecule has 5 aromatic rings. The van der Waals surface area contributed by atoms with Gasteiger partial charge in [0.05, 0.1) is 0 Å². The summed E-state index contributed by atoms with van der Waals surface area (Å²) in [5.74, 6) is 0. The molecule has 5 rings (SSSR count). The van der Waals surface area contributed by atoms with Crippen LogP contribution in [0.4, 0.5) is 0 Å². The highest BCUT2D eigenvalue weighted by Gasteiger charge is 2.14. The number of hydrogen-bond acceptors (Lipinski definition) is 0. The molecule has 0 saturated heterocycles. The van der Waals surface area contributed by atoms with Gasteiger partial charge in [0.1, 0.15) is 0 Å². The molecule has 1 heteroatoms. The van der Waals surface area contributed by atoms with Crippen molar-refractivity contribution in [1.29, 1.82) is 0 Å². The third-order valence-electron chi connectivity index (χ3n) is 5.46. The highest BCUT2D eigenvalue weighted by atomic mass is 31.1. The fourth-order valence-electron chi connectivity index (χ4n) is 4.17. The molecule has 1 unspecified atom stereocenters. The van der Waals surface area contributed by atoms with E-state index in [1.54, 1.807) is 0 Å². The van der Waals surface area contributed by atoms with Gasteiger partial charge in [-0.2, -0.15) is 0 Å². The van der Waals surface area contributed by atoms with Gasteiger partial charge in [-0.3, -0.25) is 0 Å². The molecule has 0 amide bonds. The Balaban J connectivity index is 1.78. The van der Waals surface area contributed by atoms with Crippen molar-refractivity contribution in [2.75, 3.05) is 6.66 Å². The van der Waals surface area contributed by atoms with Gasteiger partial charge < -0.3 is 0 Å². The van der Waals surface area contributed by atoms with E-state index in [1.807, 2.05) is 0 Å².